The van der Waals surface area contributed by atoms with Crippen LogP contribution in [0.4, 0.5) is 0 Å². The van der Waals surface area contributed by atoms with Crippen molar-refractivity contribution in [2.24, 2.45) is 5.92 Å². The van der Waals surface area contributed by atoms with E-state index >= 15 is 0 Å². The minimum absolute atomic E-state index is 0.212. The van der Waals surface area contributed by atoms with Crippen molar-refractivity contribution in [3.8, 4) is 0 Å². The summed E-state index contributed by atoms with van der Waals surface area (Å²) in [5.41, 5.74) is 1.28. The molecule has 1 rings (SSSR count). The zero-order chi connectivity index (χ0) is 14.1. The molecule has 1 aromatic rings. The zero-order valence-electron chi connectivity index (χ0n) is 12.4. The third-order valence-corrected chi connectivity index (χ3v) is 4.64. The molecule has 0 aliphatic carbocycles. The molecule has 2 atom stereocenters. The molecule has 0 fully saturated rings. The average Bonchev–Trinajstić information content (AvgIpc) is 2.45. The van der Waals surface area contributed by atoms with Gasteiger partial charge in [-0.25, -0.2) is 0 Å². The largest absolute Gasteiger partial charge is 0.299 e. The molecule has 19 heavy (non-hydrogen) atoms. The summed E-state index contributed by atoms with van der Waals surface area (Å²) in [5, 5.41) is 0.322. The van der Waals surface area contributed by atoms with Crippen molar-refractivity contribution < 1.29 is 4.79 Å². The maximum atomic E-state index is 12.3. The molecule has 0 N–H and O–H groups in total. The standard InChI is InChI=1S/C17H26OS/c1-4-6-10-14(3)16(18)13-17(19-5-2)15-11-8-7-9-12-15/h7-9,11-12,14,17H,4-6,10,13H2,1-3H3/t14-,17-/m1/s1. The lowest BCUT2D eigenvalue weighted by atomic mass is 9.95. The molecule has 0 heterocycles. The van der Waals surface area contributed by atoms with Crippen LogP contribution in [0, 0.1) is 5.92 Å². The third kappa shape index (κ3) is 5.82. The van der Waals surface area contributed by atoms with Gasteiger partial charge in [0.2, 0.25) is 0 Å². The summed E-state index contributed by atoms with van der Waals surface area (Å²) in [6.45, 7) is 6.42. The van der Waals surface area contributed by atoms with Gasteiger partial charge < -0.3 is 0 Å². The number of hydrogen-bond donors (Lipinski definition) is 0. The van der Waals surface area contributed by atoms with Crippen LogP contribution in [0.1, 0.15) is 57.3 Å². The van der Waals surface area contributed by atoms with E-state index in [1.807, 2.05) is 17.8 Å². The van der Waals surface area contributed by atoms with Crippen molar-refractivity contribution >= 4 is 17.5 Å². The Morgan fingerprint density at radius 2 is 1.89 bits per heavy atom. The maximum Gasteiger partial charge on any atom is 0.137 e. The molecule has 0 saturated heterocycles. The van der Waals surface area contributed by atoms with Crippen molar-refractivity contribution in [1.82, 2.24) is 0 Å². The number of unbranched alkanes of at least 4 members (excludes halogenated alkanes) is 1. The van der Waals surface area contributed by atoms with Crippen LogP contribution in [0.5, 0.6) is 0 Å². The van der Waals surface area contributed by atoms with Gasteiger partial charge in [-0.2, -0.15) is 11.8 Å². The minimum atomic E-state index is 0.212. The molecule has 0 aliphatic rings. The predicted molar refractivity (Wildman–Crippen MR) is 85.6 cm³/mol. The fraction of sp³-hybridized carbons (Fsp3) is 0.588. The highest BCUT2D eigenvalue weighted by Crippen LogP contribution is 2.33. The lowest BCUT2D eigenvalue weighted by molar-refractivity contribution is -0.122. The SMILES string of the molecule is CCCC[C@@H](C)C(=O)C[C@@H](SCC)c1ccccc1. The maximum absolute atomic E-state index is 12.3. The second-order valence-electron chi connectivity index (χ2n) is 5.07. The Bertz CT molecular complexity index is 361. The van der Waals surface area contributed by atoms with E-state index in [9.17, 15) is 4.79 Å². The Morgan fingerprint density at radius 3 is 2.47 bits per heavy atom. The minimum Gasteiger partial charge on any atom is -0.299 e. The molecule has 0 radical (unpaired) electrons. The normalized spacial score (nSPS) is 14.1. The van der Waals surface area contributed by atoms with Crippen LogP contribution < -0.4 is 0 Å². The van der Waals surface area contributed by atoms with Gasteiger partial charge in [-0.3, -0.25) is 4.79 Å². The molecule has 0 spiro atoms. The van der Waals surface area contributed by atoms with Crippen molar-refractivity contribution in [3.63, 3.8) is 0 Å². The first-order valence-electron chi connectivity index (χ1n) is 7.38. The summed E-state index contributed by atoms with van der Waals surface area (Å²) < 4.78 is 0. The summed E-state index contributed by atoms with van der Waals surface area (Å²) in [7, 11) is 0. The Labute approximate surface area is 122 Å². The number of benzene rings is 1. The summed E-state index contributed by atoms with van der Waals surface area (Å²) in [6.07, 6.45) is 4.04. The van der Waals surface area contributed by atoms with Crippen LogP contribution >= 0.6 is 11.8 Å². The van der Waals surface area contributed by atoms with Crippen molar-refractivity contribution in [3.05, 3.63) is 35.9 Å². The number of carbonyl (C=O) groups excluding carboxylic acids is 1. The molecule has 0 bridgehead atoms. The highest BCUT2D eigenvalue weighted by molar-refractivity contribution is 7.99. The van der Waals surface area contributed by atoms with Gasteiger partial charge in [-0.05, 0) is 17.7 Å². The van der Waals surface area contributed by atoms with E-state index in [0.717, 1.165) is 18.6 Å². The number of carbonyl (C=O) groups is 1. The predicted octanol–water partition coefficient (Wildman–Crippen LogP) is 5.27. The van der Waals surface area contributed by atoms with Crippen LogP contribution in [0.2, 0.25) is 0 Å². The Kier molecular flexibility index (Phi) is 7.88. The quantitative estimate of drug-likeness (QED) is 0.612. The first kappa shape index (κ1) is 16.3. The topological polar surface area (TPSA) is 17.1 Å². The van der Waals surface area contributed by atoms with Gasteiger partial charge in [0.05, 0.1) is 0 Å². The molecule has 0 saturated carbocycles. The summed E-state index contributed by atoms with van der Waals surface area (Å²) in [5.74, 6) is 1.68. The fourth-order valence-electron chi connectivity index (χ4n) is 2.20. The highest BCUT2D eigenvalue weighted by Gasteiger charge is 2.19. The molecule has 1 nitrogen and oxygen atoms in total. The summed E-state index contributed by atoms with van der Waals surface area (Å²) in [6, 6.07) is 10.4. The third-order valence-electron chi connectivity index (χ3n) is 3.47. The van der Waals surface area contributed by atoms with E-state index in [1.54, 1.807) is 0 Å². The Hall–Kier alpha value is -0.760. The summed E-state index contributed by atoms with van der Waals surface area (Å²) >= 11 is 1.88. The van der Waals surface area contributed by atoms with E-state index < -0.39 is 0 Å². The van der Waals surface area contributed by atoms with Gasteiger partial charge in [0, 0.05) is 17.6 Å². The molecule has 2 heteroatoms. The molecular weight excluding hydrogens is 252 g/mol. The van der Waals surface area contributed by atoms with Gasteiger partial charge >= 0.3 is 0 Å². The van der Waals surface area contributed by atoms with Crippen molar-refractivity contribution in [1.29, 1.82) is 0 Å². The van der Waals surface area contributed by atoms with Crippen molar-refractivity contribution in [2.45, 2.75) is 51.7 Å². The lowest BCUT2D eigenvalue weighted by Crippen LogP contribution is -2.14. The van der Waals surface area contributed by atoms with Crippen LogP contribution in [0.15, 0.2) is 30.3 Å². The van der Waals surface area contributed by atoms with Gasteiger partial charge in [-0.15, -0.1) is 0 Å². The summed E-state index contributed by atoms with van der Waals surface area (Å²) in [4.78, 5) is 12.3. The van der Waals surface area contributed by atoms with Crippen molar-refractivity contribution in [2.75, 3.05) is 5.75 Å². The first-order chi connectivity index (χ1) is 9.19. The second kappa shape index (κ2) is 9.19. The van der Waals surface area contributed by atoms with Gasteiger partial charge in [0.25, 0.3) is 0 Å². The van der Waals surface area contributed by atoms with E-state index in [4.69, 9.17) is 0 Å². The molecular formula is C17H26OS. The van der Waals surface area contributed by atoms with Crippen LogP contribution in [0.3, 0.4) is 0 Å². The van der Waals surface area contributed by atoms with Gasteiger partial charge in [0.15, 0.2) is 0 Å². The molecule has 106 valence electrons. The number of rotatable bonds is 9. The molecule has 0 amide bonds. The fourth-order valence-corrected chi connectivity index (χ4v) is 3.23. The average molecular weight is 278 g/mol. The molecule has 0 aromatic heterocycles. The van der Waals surface area contributed by atoms with Gasteiger partial charge in [-0.1, -0.05) is 63.9 Å². The number of thioether (sulfide) groups is 1. The number of ketones is 1. The van der Waals surface area contributed by atoms with E-state index in [0.29, 0.717) is 17.5 Å². The van der Waals surface area contributed by atoms with Crippen LogP contribution in [-0.4, -0.2) is 11.5 Å². The number of Topliss-reactive ketones (excluding diaryl/α,β-unsaturated/α-hetero) is 1. The Morgan fingerprint density at radius 1 is 1.21 bits per heavy atom. The Balaban J connectivity index is 2.61. The monoisotopic (exact) mass is 278 g/mol. The van der Waals surface area contributed by atoms with E-state index in [1.165, 1.54) is 12.0 Å². The second-order valence-corrected chi connectivity index (χ2v) is 6.55. The lowest BCUT2D eigenvalue weighted by Gasteiger charge is -2.18. The molecule has 0 aliphatic heterocycles. The van der Waals surface area contributed by atoms with E-state index in [-0.39, 0.29) is 5.92 Å². The molecule has 0 unspecified atom stereocenters. The number of hydrogen-bond acceptors (Lipinski definition) is 2. The molecule has 1 aromatic carbocycles. The van der Waals surface area contributed by atoms with E-state index in [2.05, 4.69) is 45.0 Å². The van der Waals surface area contributed by atoms with Gasteiger partial charge in [0.1, 0.15) is 5.78 Å². The van der Waals surface area contributed by atoms with Crippen LogP contribution in [-0.2, 0) is 4.79 Å². The van der Waals surface area contributed by atoms with Crippen LogP contribution in [0.25, 0.3) is 0 Å². The zero-order valence-corrected chi connectivity index (χ0v) is 13.2. The smallest absolute Gasteiger partial charge is 0.137 e. The highest BCUT2D eigenvalue weighted by atomic mass is 32.2. The first-order valence-corrected chi connectivity index (χ1v) is 8.43.